The second-order valence-electron chi connectivity index (χ2n) is 4.06. The molecule has 3 nitrogen and oxygen atoms in total. The van der Waals surface area contributed by atoms with Crippen LogP contribution in [0.25, 0.3) is 10.8 Å². The molecule has 2 atom stereocenters. The van der Waals surface area contributed by atoms with Crippen LogP contribution in [-0.2, 0) is 0 Å². The van der Waals surface area contributed by atoms with Gasteiger partial charge in [-0.3, -0.25) is 0 Å². The Hall–Kier alpha value is -1.96. The summed E-state index contributed by atoms with van der Waals surface area (Å²) in [5.74, 6) is -0.378. The molecule has 0 saturated heterocycles. The minimum atomic E-state index is -1.20. The van der Waals surface area contributed by atoms with Crippen molar-refractivity contribution in [3.8, 4) is 6.07 Å². The third-order valence-corrected chi connectivity index (χ3v) is 2.89. The van der Waals surface area contributed by atoms with Gasteiger partial charge in [0.15, 0.2) is 0 Å². The van der Waals surface area contributed by atoms with Crippen molar-refractivity contribution in [3.63, 3.8) is 0 Å². The molecule has 2 aromatic rings. The van der Waals surface area contributed by atoms with E-state index in [1.54, 1.807) is 30.3 Å². The summed E-state index contributed by atoms with van der Waals surface area (Å²) in [6.07, 6.45) is -2.55. The molecule has 0 aliphatic carbocycles. The largest absolute Gasteiger partial charge is 0.389 e. The zero-order valence-corrected chi connectivity index (χ0v) is 9.55. The fourth-order valence-corrected chi connectivity index (χ4v) is 1.96. The van der Waals surface area contributed by atoms with Crippen LogP contribution in [-0.4, -0.2) is 16.3 Å². The van der Waals surface area contributed by atoms with Gasteiger partial charge < -0.3 is 10.2 Å². The molecular weight excluding hydrogens is 233 g/mol. The summed E-state index contributed by atoms with van der Waals surface area (Å²) in [4.78, 5) is 0. The zero-order chi connectivity index (χ0) is 13.1. The maximum Gasteiger partial charge on any atom is 0.131 e. The van der Waals surface area contributed by atoms with Crippen molar-refractivity contribution in [1.29, 1.82) is 5.26 Å². The molecule has 0 aliphatic rings. The van der Waals surface area contributed by atoms with Crippen LogP contribution < -0.4 is 0 Å². The van der Waals surface area contributed by atoms with Crippen LogP contribution in [0.2, 0.25) is 0 Å². The standard InChI is InChI=1S/C14H12FNO2/c15-12-6-5-11(14(18)13(17)7-8-16)9-3-1-2-4-10(9)12/h1-6,13-14,17-18H,7H2. The van der Waals surface area contributed by atoms with Gasteiger partial charge in [-0.25, -0.2) is 4.39 Å². The molecule has 18 heavy (non-hydrogen) atoms. The number of nitriles is 1. The van der Waals surface area contributed by atoms with Gasteiger partial charge in [-0.05, 0) is 17.0 Å². The molecule has 0 aromatic heterocycles. The van der Waals surface area contributed by atoms with Gasteiger partial charge in [0.05, 0.1) is 18.6 Å². The maximum atomic E-state index is 13.6. The molecule has 0 heterocycles. The van der Waals surface area contributed by atoms with Gasteiger partial charge in [-0.1, -0.05) is 30.3 Å². The summed E-state index contributed by atoms with van der Waals surface area (Å²) in [6.45, 7) is 0. The van der Waals surface area contributed by atoms with E-state index in [1.165, 1.54) is 12.1 Å². The van der Waals surface area contributed by atoms with Crippen molar-refractivity contribution in [2.24, 2.45) is 0 Å². The topological polar surface area (TPSA) is 64.2 Å². The lowest BCUT2D eigenvalue weighted by Gasteiger charge is -2.17. The van der Waals surface area contributed by atoms with Crippen molar-refractivity contribution in [2.45, 2.75) is 18.6 Å². The van der Waals surface area contributed by atoms with E-state index in [9.17, 15) is 14.6 Å². The highest BCUT2D eigenvalue weighted by molar-refractivity contribution is 5.86. The number of fused-ring (bicyclic) bond motifs is 1. The van der Waals surface area contributed by atoms with E-state index in [1.807, 2.05) is 0 Å². The van der Waals surface area contributed by atoms with Crippen LogP contribution in [0.1, 0.15) is 18.1 Å². The number of benzene rings is 2. The Bertz CT molecular complexity index is 606. The third-order valence-electron chi connectivity index (χ3n) is 2.89. The summed E-state index contributed by atoms with van der Waals surface area (Å²) in [5.41, 5.74) is 0.426. The van der Waals surface area contributed by atoms with E-state index < -0.39 is 12.2 Å². The first-order chi connectivity index (χ1) is 8.65. The molecule has 0 spiro atoms. The number of aliphatic hydroxyl groups excluding tert-OH is 2. The van der Waals surface area contributed by atoms with Gasteiger partial charge >= 0.3 is 0 Å². The normalized spacial score (nSPS) is 14.1. The number of nitrogens with zero attached hydrogens (tertiary/aromatic N) is 1. The van der Waals surface area contributed by atoms with E-state index >= 15 is 0 Å². The summed E-state index contributed by atoms with van der Waals surface area (Å²) in [6, 6.07) is 11.2. The summed E-state index contributed by atoms with van der Waals surface area (Å²) in [5, 5.41) is 29.1. The van der Waals surface area contributed by atoms with Crippen LogP contribution in [0.4, 0.5) is 4.39 Å². The van der Waals surface area contributed by atoms with Crippen molar-refractivity contribution in [1.82, 2.24) is 0 Å². The quantitative estimate of drug-likeness (QED) is 0.872. The Morgan fingerprint density at radius 2 is 1.78 bits per heavy atom. The molecule has 0 fully saturated rings. The molecule has 2 N–H and O–H groups in total. The van der Waals surface area contributed by atoms with Crippen molar-refractivity contribution < 1.29 is 14.6 Å². The van der Waals surface area contributed by atoms with E-state index in [-0.39, 0.29) is 12.2 Å². The van der Waals surface area contributed by atoms with Crippen LogP contribution in [0.15, 0.2) is 36.4 Å². The first kappa shape index (κ1) is 12.5. The van der Waals surface area contributed by atoms with Gasteiger partial charge in [0.1, 0.15) is 11.9 Å². The van der Waals surface area contributed by atoms with Crippen LogP contribution in [0, 0.1) is 17.1 Å². The lowest BCUT2D eigenvalue weighted by Crippen LogP contribution is -2.17. The van der Waals surface area contributed by atoms with Crippen molar-refractivity contribution >= 4 is 10.8 Å². The molecule has 0 amide bonds. The average molecular weight is 245 g/mol. The lowest BCUT2D eigenvalue weighted by molar-refractivity contribution is 0.0225. The molecule has 0 bridgehead atoms. The predicted molar refractivity (Wildman–Crippen MR) is 65.1 cm³/mol. The van der Waals surface area contributed by atoms with Crippen molar-refractivity contribution in [2.75, 3.05) is 0 Å². The van der Waals surface area contributed by atoms with Gasteiger partial charge in [0.2, 0.25) is 0 Å². The van der Waals surface area contributed by atoms with Gasteiger partial charge in [0.25, 0.3) is 0 Å². The van der Waals surface area contributed by atoms with E-state index in [2.05, 4.69) is 0 Å². The molecule has 2 aromatic carbocycles. The second kappa shape index (κ2) is 5.13. The number of halogens is 1. The van der Waals surface area contributed by atoms with E-state index in [0.29, 0.717) is 16.3 Å². The molecule has 92 valence electrons. The Morgan fingerprint density at radius 3 is 2.44 bits per heavy atom. The van der Waals surface area contributed by atoms with E-state index in [4.69, 9.17) is 5.26 Å². The molecule has 2 unspecified atom stereocenters. The van der Waals surface area contributed by atoms with Gasteiger partial charge in [-0.2, -0.15) is 5.26 Å². The highest BCUT2D eigenvalue weighted by Gasteiger charge is 2.20. The SMILES string of the molecule is N#CCC(O)C(O)c1ccc(F)c2ccccc12. The van der Waals surface area contributed by atoms with Crippen molar-refractivity contribution in [3.05, 3.63) is 47.8 Å². The summed E-state index contributed by atoms with van der Waals surface area (Å²) < 4.78 is 13.6. The smallest absolute Gasteiger partial charge is 0.131 e. The zero-order valence-electron chi connectivity index (χ0n) is 9.55. The number of hydrogen-bond donors (Lipinski definition) is 2. The molecule has 0 saturated carbocycles. The number of aliphatic hydroxyl groups is 2. The maximum absolute atomic E-state index is 13.6. The fourth-order valence-electron chi connectivity index (χ4n) is 1.96. The monoisotopic (exact) mass is 245 g/mol. The lowest BCUT2D eigenvalue weighted by atomic mass is 9.96. The Morgan fingerprint density at radius 1 is 1.11 bits per heavy atom. The van der Waals surface area contributed by atoms with Crippen LogP contribution in [0.3, 0.4) is 0 Å². The molecule has 0 aliphatic heterocycles. The summed E-state index contributed by atoms with van der Waals surface area (Å²) in [7, 11) is 0. The highest BCUT2D eigenvalue weighted by atomic mass is 19.1. The predicted octanol–water partition coefficient (Wildman–Crippen LogP) is 2.29. The van der Waals surface area contributed by atoms with Crippen LogP contribution in [0.5, 0.6) is 0 Å². The second-order valence-corrected chi connectivity index (χ2v) is 4.06. The van der Waals surface area contributed by atoms with E-state index in [0.717, 1.165) is 0 Å². The first-order valence-electron chi connectivity index (χ1n) is 5.55. The summed E-state index contributed by atoms with van der Waals surface area (Å²) >= 11 is 0. The molecule has 0 radical (unpaired) electrons. The minimum Gasteiger partial charge on any atom is -0.389 e. The highest BCUT2D eigenvalue weighted by Crippen LogP contribution is 2.28. The number of hydrogen-bond acceptors (Lipinski definition) is 3. The fraction of sp³-hybridized carbons (Fsp3) is 0.214. The average Bonchev–Trinajstić information content (AvgIpc) is 2.39. The van der Waals surface area contributed by atoms with Gasteiger partial charge in [-0.15, -0.1) is 0 Å². The Labute approximate surface area is 104 Å². The molecular formula is C14H12FNO2. The van der Waals surface area contributed by atoms with Crippen LogP contribution >= 0.6 is 0 Å². The minimum absolute atomic E-state index is 0.174. The Kier molecular flexibility index (Phi) is 3.56. The molecule has 2 rings (SSSR count). The first-order valence-corrected chi connectivity index (χ1v) is 5.55. The third kappa shape index (κ3) is 2.19. The Balaban J connectivity index is 2.52. The number of rotatable bonds is 3. The molecule has 4 heteroatoms. The van der Waals surface area contributed by atoms with Gasteiger partial charge in [0, 0.05) is 5.39 Å².